The minimum Gasteiger partial charge on any atom is -0.493 e. The number of carbonyl (C=O) groups excluding carboxylic acids is 2. The van der Waals surface area contributed by atoms with Crippen molar-refractivity contribution in [2.75, 3.05) is 25.1 Å². The molecule has 0 aromatic heterocycles. The quantitative estimate of drug-likeness (QED) is 0.345. The number of para-hydroxylation sites is 1. The molecule has 170 valence electrons. The van der Waals surface area contributed by atoms with Gasteiger partial charge in [0, 0.05) is 19.3 Å². The number of amides is 2. The molecule has 5 nitrogen and oxygen atoms in total. The lowest BCUT2D eigenvalue weighted by molar-refractivity contribution is -0.136. The molecule has 0 saturated carbocycles. The van der Waals surface area contributed by atoms with Gasteiger partial charge in [0.05, 0.1) is 12.2 Å². The molecular formula is C27H34N2O3. The van der Waals surface area contributed by atoms with Gasteiger partial charge in [-0.25, -0.2) is 0 Å². The zero-order valence-electron chi connectivity index (χ0n) is 19.6. The maximum absolute atomic E-state index is 13.4. The molecule has 0 unspecified atom stereocenters. The molecule has 2 aromatic rings. The van der Waals surface area contributed by atoms with Crippen LogP contribution in [0.3, 0.4) is 0 Å². The lowest BCUT2D eigenvalue weighted by Crippen LogP contribution is -2.35. The van der Waals surface area contributed by atoms with Gasteiger partial charge in [-0.1, -0.05) is 70.4 Å². The second kappa shape index (κ2) is 11.0. The number of rotatable bonds is 11. The summed E-state index contributed by atoms with van der Waals surface area (Å²) in [6, 6.07) is 17.1. The number of unbranched alkanes of at least 4 members (excludes halogenated alkanes) is 3. The summed E-state index contributed by atoms with van der Waals surface area (Å²) in [5.41, 5.74) is 2.47. The van der Waals surface area contributed by atoms with Crippen LogP contribution in [0.25, 0.3) is 5.57 Å². The van der Waals surface area contributed by atoms with Crippen molar-refractivity contribution in [1.82, 2.24) is 4.90 Å². The normalized spacial score (nSPS) is 14.0. The summed E-state index contributed by atoms with van der Waals surface area (Å²) in [5, 5.41) is 0. The van der Waals surface area contributed by atoms with Crippen LogP contribution in [0.1, 0.15) is 52.0 Å². The van der Waals surface area contributed by atoms with Gasteiger partial charge in [-0.2, -0.15) is 0 Å². The maximum atomic E-state index is 13.4. The minimum atomic E-state index is -0.229. The Hall–Kier alpha value is -3.08. The molecule has 32 heavy (non-hydrogen) atoms. The van der Waals surface area contributed by atoms with E-state index in [0.717, 1.165) is 42.7 Å². The summed E-state index contributed by atoms with van der Waals surface area (Å²) in [7, 11) is 1.84. The van der Waals surface area contributed by atoms with Crippen LogP contribution >= 0.6 is 0 Å². The van der Waals surface area contributed by atoms with E-state index in [-0.39, 0.29) is 11.8 Å². The van der Waals surface area contributed by atoms with Gasteiger partial charge in [0.25, 0.3) is 11.8 Å². The van der Waals surface area contributed by atoms with E-state index in [1.165, 1.54) is 4.90 Å². The fraction of sp³-hybridized carbons (Fsp3) is 0.407. The molecule has 2 amide bonds. The first kappa shape index (κ1) is 23.6. The van der Waals surface area contributed by atoms with Crippen LogP contribution in [0.15, 0.2) is 60.3 Å². The van der Waals surface area contributed by atoms with Gasteiger partial charge < -0.3 is 9.64 Å². The second-order valence-corrected chi connectivity index (χ2v) is 8.67. The number of anilines is 1. The molecule has 5 heteroatoms. The third-order valence-corrected chi connectivity index (χ3v) is 5.58. The van der Waals surface area contributed by atoms with E-state index in [2.05, 4.69) is 20.8 Å². The molecular weight excluding hydrogens is 400 g/mol. The van der Waals surface area contributed by atoms with Gasteiger partial charge >= 0.3 is 0 Å². The summed E-state index contributed by atoms with van der Waals surface area (Å²) >= 11 is 0. The molecule has 0 spiro atoms. The van der Waals surface area contributed by atoms with Crippen molar-refractivity contribution in [2.24, 2.45) is 5.92 Å². The standard InChI is InChI=1S/C27H34N2O3/c1-5-6-7-11-18-29-26(30)24(21-14-16-23(17-15-21)32-19-20(2)3)25(27(29)31)28(4)22-12-9-8-10-13-22/h8-10,12-17,20H,5-7,11,18-19H2,1-4H3. The Morgan fingerprint density at radius 3 is 2.22 bits per heavy atom. The Morgan fingerprint density at radius 1 is 0.906 bits per heavy atom. The highest BCUT2D eigenvalue weighted by molar-refractivity contribution is 6.36. The van der Waals surface area contributed by atoms with Crippen molar-refractivity contribution >= 4 is 23.1 Å². The molecule has 2 aromatic carbocycles. The van der Waals surface area contributed by atoms with Crippen molar-refractivity contribution < 1.29 is 14.3 Å². The first-order chi connectivity index (χ1) is 15.4. The fourth-order valence-corrected chi connectivity index (χ4v) is 3.80. The fourth-order valence-electron chi connectivity index (χ4n) is 3.80. The van der Waals surface area contributed by atoms with Crippen LogP contribution in [0.2, 0.25) is 0 Å². The van der Waals surface area contributed by atoms with Crippen LogP contribution in [0, 0.1) is 5.92 Å². The average Bonchev–Trinajstić information content (AvgIpc) is 3.05. The Labute approximate surface area is 191 Å². The van der Waals surface area contributed by atoms with Crippen LogP contribution in [-0.2, 0) is 9.59 Å². The maximum Gasteiger partial charge on any atom is 0.278 e. The predicted molar refractivity (Wildman–Crippen MR) is 129 cm³/mol. The van der Waals surface area contributed by atoms with Crippen LogP contribution in [0.5, 0.6) is 5.75 Å². The molecule has 0 atom stereocenters. The number of nitrogens with zero attached hydrogens (tertiary/aromatic N) is 2. The number of likely N-dealkylation sites (N-methyl/N-ethyl adjacent to an activating group) is 1. The number of ether oxygens (including phenoxy) is 1. The van der Waals surface area contributed by atoms with Crippen molar-refractivity contribution in [3.05, 3.63) is 65.9 Å². The SMILES string of the molecule is CCCCCCN1C(=O)C(c2ccc(OCC(C)C)cc2)=C(N(C)c2ccccc2)C1=O. The van der Waals surface area contributed by atoms with E-state index in [1.807, 2.05) is 66.5 Å². The third-order valence-electron chi connectivity index (χ3n) is 5.58. The molecule has 0 bridgehead atoms. The van der Waals surface area contributed by atoms with Crippen molar-refractivity contribution in [3.8, 4) is 5.75 Å². The van der Waals surface area contributed by atoms with E-state index >= 15 is 0 Å². The molecule has 1 aliphatic rings. The lowest BCUT2D eigenvalue weighted by atomic mass is 10.0. The Kier molecular flexibility index (Phi) is 8.09. The Morgan fingerprint density at radius 2 is 1.59 bits per heavy atom. The highest BCUT2D eigenvalue weighted by atomic mass is 16.5. The molecule has 0 N–H and O–H groups in total. The zero-order chi connectivity index (χ0) is 23.1. The van der Waals surface area contributed by atoms with Crippen molar-refractivity contribution in [3.63, 3.8) is 0 Å². The monoisotopic (exact) mass is 434 g/mol. The highest BCUT2D eigenvalue weighted by Gasteiger charge is 2.40. The van der Waals surface area contributed by atoms with Gasteiger partial charge in [0.2, 0.25) is 0 Å². The summed E-state index contributed by atoms with van der Waals surface area (Å²) in [6.45, 7) is 7.43. The predicted octanol–water partition coefficient (Wildman–Crippen LogP) is 5.52. The molecule has 1 aliphatic heterocycles. The van der Waals surface area contributed by atoms with Gasteiger partial charge in [0.15, 0.2) is 0 Å². The lowest BCUT2D eigenvalue weighted by Gasteiger charge is -2.21. The number of carbonyl (C=O) groups is 2. The van der Waals surface area contributed by atoms with Gasteiger partial charge in [-0.15, -0.1) is 0 Å². The van der Waals surface area contributed by atoms with Crippen LogP contribution in [-0.4, -0.2) is 36.9 Å². The molecule has 0 aliphatic carbocycles. The number of imide groups is 1. The molecule has 0 saturated heterocycles. The smallest absolute Gasteiger partial charge is 0.278 e. The molecule has 3 rings (SSSR count). The van der Waals surface area contributed by atoms with Gasteiger partial charge in [-0.05, 0) is 42.2 Å². The number of hydrogen-bond donors (Lipinski definition) is 0. The van der Waals surface area contributed by atoms with E-state index < -0.39 is 0 Å². The molecule has 0 fully saturated rings. The number of hydrogen-bond acceptors (Lipinski definition) is 4. The second-order valence-electron chi connectivity index (χ2n) is 8.67. The zero-order valence-corrected chi connectivity index (χ0v) is 19.6. The van der Waals surface area contributed by atoms with E-state index in [9.17, 15) is 9.59 Å². The van der Waals surface area contributed by atoms with Crippen molar-refractivity contribution in [2.45, 2.75) is 46.5 Å². The van der Waals surface area contributed by atoms with Crippen molar-refractivity contribution in [1.29, 1.82) is 0 Å². The Balaban J connectivity index is 1.93. The topological polar surface area (TPSA) is 49.9 Å². The summed E-state index contributed by atoms with van der Waals surface area (Å²) < 4.78 is 5.79. The molecule has 1 heterocycles. The van der Waals surface area contributed by atoms with Gasteiger partial charge in [-0.3, -0.25) is 14.5 Å². The van der Waals surface area contributed by atoms with Crippen LogP contribution < -0.4 is 9.64 Å². The van der Waals surface area contributed by atoms with E-state index in [4.69, 9.17) is 4.74 Å². The average molecular weight is 435 g/mol. The van der Waals surface area contributed by atoms with E-state index in [0.29, 0.717) is 30.3 Å². The Bertz CT molecular complexity index is 949. The highest BCUT2D eigenvalue weighted by Crippen LogP contribution is 2.34. The van der Waals surface area contributed by atoms with Crippen LogP contribution in [0.4, 0.5) is 5.69 Å². The number of benzene rings is 2. The first-order valence-corrected chi connectivity index (χ1v) is 11.6. The minimum absolute atomic E-state index is 0.222. The third kappa shape index (κ3) is 5.39. The van der Waals surface area contributed by atoms with E-state index in [1.54, 1.807) is 0 Å². The summed E-state index contributed by atoms with van der Waals surface area (Å²) in [5.74, 6) is 0.737. The molecule has 0 radical (unpaired) electrons. The first-order valence-electron chi connectivity index (χ1n) is 11.6. The summed E-state index contributed by atoms with van der Waals surface area (Å²) in [6.07, 6.45) is 4.04. The van der Waals surface area contributed by atoms with Gasteiger partial charge in [0.1, 0.15) is 11.4 Å². The largest absolute Gasteiger partial charge is 0.493 e. The summed E-state index contributed by atoms with van der Waals surface area (Å²) in [4.78, 5) is 30.0.